The molecule has 0 aromatic rings. The molecule has 0 N–H and O–H groups in total. The minimum absolute atomic E-state index is 0.336. The van der Waals surface area contributed by atoms with E-state index in [1.54, 1.807) is 0 Å². The van der Waals surface area contributed by atoms with Crippen LogP contribution < -0.4 is 5.32 Å². The van der Waals surface area contributed by atoms with Gasteiger partial charge < -0.3 is 4.90 Å². The van der Waals surface area contributed by atoms with Crippen LogP contribution in [0.1, 0.15) is 39.0 Å². The summed E-state index contributed by atoms with van der Waals surface area (Å²) in [6.07, 6.45) is 6.74. The summed E-state index contributed by atoms with van der Waals surface area (Å²) in [6.45, 7) is 7.37. The first-order valence-electron chi connectivity index (χ1n) is 5.70. The zero-order valence-electron chi connectivity index (χ0n) is 8.76. The highest BCUT2D eigenvalue weighted by Gasteiger charge is 2.29. The predicted octanol–water partition coefficient (Wildman–Crippen LogP) is 1.63. The van der Waals surface area contributed by atoms with Gasteiger partial charge in [0.15, 0.2) is 0 Å². The van der Waals surface area contributed by atoms with Crippen molar-refractivity contribution in [1.29, 1.82) is 0 Å². The lowest BCUT2D eigenvalue weighted by Crippen LogP contribution is -2.35. The fourth-order valence-corrected chi connectivity index (χ4v) is 2.50. The van der Waals surface area contributed by atoms with E-state index in [1.165, 1.54) is 51.7 Å². The summed E-state index contributed by atoms with van der Waals surface area (Å²) in [5, 5.41) is 4.70. The van der Waals surface area contributed by atoms with Gasteiger partial charge in [0.1, 0.15) is 0 Å². The van der Waals surface area contributed by atoms with E-state index in [4.69, 9.17) is 5.32 Å². The Bertz CT molecular complexity index is 155. The van der Waals surface area contributed by atoms with Crippen molar-refractivity contribution < 1.29 is 0 Å². The summed E-state index contributed by atoms with van der Waals surface area (Å²) >= 11 is 0. The third-order valence-electron chi connectivity index (χ3n) is 3.53. The molecule has 1 atom stereocenters. The normalized spacial score (nSPS) is 35.8. The van der Waals surface area contributed by atoms with Crippen LogP contribution in [0.5, 0.6) is 0 Å². The van der Waals surface area contributed by atoms with Crippen LogP contribution in [0.2, 0.25) is 0 Å². The monoisotopic (exact) mass is 181 g/mol. The molecule has 75 valence electrons. The standard InChI is InChI=1S/C11H21N2/c1-11(5-4-7-12-11)6-10-13-8-2-3-9-13/h2-10H2,1H3. The minimum atomic E-state index is 0.336. The van der Waals surface area contributed by atoms with Crippen molar-refractivity contribution in [2.75, 3.05) is 26.2 Å². The summed E-state index contributed by atoms with van der Waals surface area (Å²) in [7, 11) is 0. The van der Waals surface area contributed by atoms with E-state index in [2.05, 4.69) is 11.8 Å². The number of likely N-dealkylation sites (tertiary alicyclic amines) is 1. The Hall–Kier alpha value is -0.0800. The van der Waals surface area contributed by atoms with Crippen molar-refractivity contribution in [2.24, 2.45) is 0 Å². The molecule has 2 saturated heterocycles. The van der Waals surface area contributed by atoms with Gasteiger partial charge in [0.2, 0.25) is 0 Å². The number of rotatable bonds is 3. The fraction of sp³-hybridized carbons (Fsp3) is 1.00. The fourth-order valence-electron chi connectivity index (χ4n) is 2.50. The summed E-state index contributed by atoms with van der Waals surface area (Å²) in [4.78, 5) is 2.60. The smallest absolute Gasteiger partial charge is 0.0341 e. The third kappa shape index (κ3) is 2.44. The SMILES string of the molecule is CC1(CCN2CCCC2)CCC[N]1. The van der Waals surface area contributed by atoms with Gasteiger partial charge in [-0.3, -0.25) is 0 Å². The van der Waals surface area contributed by atoms with Crippen molar-refractivity contribution in [1.82, 2.24) is 10.2 Å². The zero-order chi connectivity index (χ0) is 9.15. The van der Waals surface area contributed by atoms with Crippen molar-refractivity contribution >= 4 is 0 Å². The first-order valence-corrected chi connectivity index (χ1v) is 5.70. The molecule has 1 radical (unpaired) electrons. The quantitative estimate of drug-likeness (QED) is 0.647. The van der Waals surface area contributed by atoms with Crippen molar-refractivity contribution in [3.05, 3.63) is 0 Å². The van der Waals surface area contributed by atoms with E-state index in [1.807, 2.05) is 0 Å². The Morgan fingerprint density at radius 1 is 1.23 bits per heavy atom. The Labute approximate surface area is 81.7 Å². The van der Waals surface area contributed by atoms with E-state index >= 15 is 0 Å². The maximum absolute atomic E-state index is 4.70. The van der Waals surface area contributed by atoms with Crippen LogP contribution in [0.25, 0.3) is 0 Å². The van der Waals surface area contributed by atoms with Crippen LogP contribution >= 0.6 is 0 Å². The summed E-state index contributed by atoms with van der Waals surface area (Å²) < 4.78 is 0. The number of nitrogens with zero attached hydrogens (tertiary/aromatic N) is 2. The number of hydrogen-bond donors (Lipinski definition) is 0. The lowest BCUT2D eigenvalue weighted by molar-refractivity contribution is 0.272. The van der Waals surface area contributed by atoms with E-state index in [9.17, 15) is 0 Å². The van der Waals surface area contributed by atoms with Gasteiger partial charge in [-0.15, -0.1) is 0 Å². The van der Waals surface area contributed by atoms with E-state index in [-0.39, 0.29) is 0 Å². The highest BCUT2D eigenvalue weighted by molar-refractivity contribution is 4.89. The van der Waals surface area contributed by atoms with Crippen LogP contribution in [-0.4, -0.2) is 36.6 Å². The molecule has 2 heterocycles. The summed E-state index contributed by atoms with van der Waals surface area (Å²) in [5.41, 5.74) is 0.336. The second kappa shape index (κ2) is 3.97. The maximum Gasteiger partial charge on any atom is 0.0341 e. The maximum atomic E-state index is 4.70. The highest BCUT2D eigenvalue weighted by Crippen LogP contribution is 2.24. The first-order chi connectivity index (χ1) is 6.29. The van der Waals surface area contributed by atoms with E-state index in [0.29, 0.717) is 5.54 Å². The van der Waals surface area contributed by atoms with E-state index in [0.717, 1.165) is 6.54 Å². The van der Waals surface area contributed by atoms with Gasteiger partial charge >= 0.3 is 0 Å². The second-order valence-electron chi connectivity index (χ2n) is 4.78. The lowest BCUT2D eigenvalue weighted by atomic mass is 9.96. The second-order valence-corrected chi connectivity index (χ2v) is 4.78. The zero-order valence-corrected chi connectivity index (χ0v) is 8.76. The molecule has 0 bridgehead atoms. The molecule has 0 aromatic carbocycles. The molecular weight excluding hydrogens is 160 g/mol. The molecule has 2 heteroatoms. The van der Waals surface area contributed by atoms with Crippen molar-refractivity contribution in [3.63, 3.8) is 0 Å². The molecular formula is C11H21N2. The predicted molar refractivity (Wildman–Crippen MR) is 54.9 cm³/mol. The molecule has 0 aromatic heterocycles. The Morgan fingerprint density at radius 2 is 2.00 bits per heavy atom. The van der Waals surface area contributed by atoms with Gasteiger partial charge in [-0.25, -0.2) is 5.32 Å². The van der Waals surface area contributed by atoms with Gasteiger partial charge in [0, 0.05) is 12.1 Å². The van der Waals surface area contributed by atoms with Gasteiger partial charge in [-0.1, -0.05) is 0 Å². The topological polar surface area (TPSA) is 17.3 Å². The van der Waals surface area contributed by atoms with Crippen LogP contribution in [0, 0.1) is 0 Å². The molecule has 0 saturated carbocycles. The average molecular weight is 181 g/mol. The Morgan fingerprint density at radius 3 is 2.62 bits per heavy atom. The largest absolute Gasteiger partial charge is 0.303 e. The molecule has 0 aliphatic carbocycles. The molecule has 2 aliphatic rings. The number of hydrogen-bond acceptors (Lipinski definition) is 1. The van der Waals surface area contributed by atoms with Gasteiger partial charge in [0.25, 0.3) is 0 Å². The highest BCUT2D eigenvalue weighted by atomic mass is 15.1. The molecule has 1 unspecified atom stereocenters. The van der Waals surface area contributed by atoms with Crippen molar-refractivity contribution in [3.8, 4) is 0 Å². The molecule has 2 nitrogen and oxygen atoms in total. The van der Waals surface area contributed by atoms with Crippen LogP contribution in [0.4, 0.5) is 0 Å². The van der Waals surface area contributed by atoms with E-state index < -0.39 is 0 Å². The third-order valence-corrected chi connectivity index (χ3v) is 3.53. The van der Waals surface area contributed by atoms with Crippen LogP contribution in [-0.2, 0) is 0 Å². The molecule has 0 amide bonds. The van der Waals surface area contributed by atoms with Crippen LogP contribution in [0.3, 0.4) is 0 Å². The van der Waals surface area contributed by atoms with Gasteiger partial charge in [-0.2, -0.15) is 0 Å². The van der Waals surface area contributed by atoms with Gasteiger partial charge in [-0.05, 0) is 58.7 Å². The molecule has 0 spiro atoms. The Balaban J connectivity index is 1.71. The minimum Gasteiger partial charge on any atom is -0.303 e. The molecule has 2 fully saturated rings. The lowest BCUT2D eigenvalue weighted by Gasteiger charge is -2.25. The summed E-state index contributed by atoms with van der Waals surface area (Å²) in [5.74, 6) is 0. The van der Waals surface area contributed by atoms with Crippen molar-refractivity contribution in [2.45, 2.75) is 44.6 Å². The first kappa shape index (κ1) is 9.47. The molecule has 2 rings (SSSR count). The molecule has 2 aliphatic heterocycles. The summed E-state index contributed by atoms with van der Waals surface area (Å²) in [6, 6.07) is 0. The van der Waals surface area contributed by atoms with Crippen LogP contribution in [0.15, 0.2) is 0 Å². The average Bonchev–Trinajstić information content (AvgIpc) is 2.72. The Kier molecular flexibility index (Phi) is 2.89. The van der Waals surface area contributed by atoms with Gasteiger partial charge in [0.05, 0.1) is 0 Å². The molecule has 13 heavy (non-hydrogen) atoms.